The number of hydrogen-bond acceptors (Lipinski definition) is 5. The van der Waals surface area contributed by atoms with Crippen molar-refractivity contribution in [2.45, 2.75) is 57.0 Å². The molecule has 3 heterocycles. The fourth-order valence-electron chi connectivity index (χ4n) is 4.69. The molecule has 0 aromatic carbocycles. The van der Waals surface area contributed by atoms with Gasteiger partial charge in [-0.1, -0.05) is 0 Å². The number of halogens is 6. The topological polar surface area (TPSA) is 62.2 Å². The first kappa shape index (κ1) is 24.2. The van der Waals surface area contributed by atoms with E-state index in [0.717, 1.165) is 24.7 Å². The smallest absolute Gasteiger partial charge is 0.337 e. The highest BCUT2D eigenvalue weighted by Gasteiger charge is 2.43. The number of amides is 1. The van der Waals surface area contributed by atoms with Crippen molar-refractivity contribution in [3.05, 3.63) is 47.5 Å². The first-order valence-electron chi connectivity index (χ1n) is 10.8. The summed E-state index contributed by atoms with van der Waals surface area (Å²) in [5.41, 5.74) is -1.26. The summed E-state index contributed by atoms with van der Waals surface area (Å²) in [4.78, 5) is 28.0. The highest BCUT2D eigenvalue weighted by molar-refractivity contribution is 5.81. The van der Waals surface area contributed by atoms with Gasteiger partial charge >= 0.3 is 12.4 Å². The summed E-state index contributed by atoms with van der Waals surface area (Å²) >= 11 is 0. The van der Waals surface area contributed by atoms with Crippen LogP contribution in [0.4, 0.5) is 32.3 Å². The van der Waals surface area contributed by atoms with E-state index < -0.39 is 23.5 Å². The van der Waals surface area contributed by atoms with Gasteiger partial charge in [-0.25, -0.2) is 9.97 Å². The molecule has 1 aliphatic heterocycles. The molecule has 184 valence electrons. The normalized spacial score (nSPS) is 25.8. The Morgan fingerprint density at radius 3 is 1.97 bits per heavy atom. The largest absolute Gasteiger partial charge is 0.419 e. The first-order chi connectivity index (χ1) is 15.8. The SMILES string of the molecule is C[C@@H]1CN(c2ncc(C(F)(F)F)cn2)C[C@H](C)N1C(=O)C1CC(c2cncc(C(F)(F)F)c2)C1. The standard InChI is InChI=1S/C22H23F6N5O/c1-12-10-32(20-30-8-18(9-31-20)22(26,27)28)11-13(2)33(12)19(34)15-3-14(4-15)16-5-17(7-29-6-16)21(23,24)25/h5-9,12-15H,3-4,10-11H2,1-2H3/t12-,13+,14?,15?. The van der Waals surface area contributed by atoms with E-state index >= 15 is 0 Å². The zero-order valence-corrected chi connectivity index (χ0v) is 18.4. The monoisotopic (exact) mass is 487 g/mol. The Hall–Kier alpha value is -2.92. The minimum absolute atomic E-state index is 0.0656. The lowest BCUT2D eigenvalue weighted by molar-refractivity contribution is -0.144. The summed E-state index contributed by atoms with van der Waals surface area (Å²) in [6, 6.07) is 0.611. The van der Waals surface area contributed by atoms with Crippen LogP contribution in [-0.4, -0.2) is 50.9 Å². The third kappa shape index (κ3) is 4.80. The van der Waals surface area contributed by atoms with E-state index in [2.05, 4.69) is 15.0 Å². The van der Waals surface area contributed by atoms with Crippen molar-refractivity contribution in [3.63, 3.8) is 0 Å². The van der Waals surface area contributed by atoms with Gasteiger partial charge in [0.1, 0.15) is 0 Å². The van der Waals surface area contributed by atoms with E-state index in [-0.39, 0.29) is 35.8 Å². The van der Waals surface area contributed by atoms with Gasteiger partial charge in [0, 0.05) is 55.9 Å². The lowest BCUT2D eigenvalue weighted by atomic mass is 9.70. The second-order valence-corrected chi connectivity index (χ2v) is 8.99. The number of anilines is 1. The molecule has 2 aliphatic rings. The van der Waals surface area contributed by atoms with Crippen LogP contribution in [-0.2, 0) is 17.1 Å². The molecule has 1 amide bonds. The predicted octanol–water partition coefficient (Wildman–Crippen LogP) is 4.53. The molecule has 6 nitrogen and oxygen atoms in total. The Morgan fingerprint density at radius 1 is 0.882 bits per heavy atom. The summed E-state index contributed by atoms with van der Waals surface area (Å²) in [5, 5.41) is 0. The Bertz CT molecular complexity index is 1020. The second-order valence-electron chi connectivity index (χ2n) is 8.99. The van der Waals surface area contributed by atoms with Crippen LogP contribution in [0.2, 0.25) is 0 Å². The van der Waals surface area contributed by atoms with Crippen molar-refractivity contribution >= 4 is 11.9 Å². The van der Waals surface area contributed by atoms with Gasteiger partial charge in [-0.05, 0) is 44.2 Å². The number of piperazine rings is 1. The zero-order chi connectivity index (χ0) is 24.8. The van der Waals surface area contributed by atoms with Gasteiger partial charge in [0.2, 0.25) is 11.9 Å². The molecule has 4 rings (SSSR count). The zero-order valence-electron chi connectivity index (χ0n) is 18.4. The molecule has 2 aromatic rings. The maximum atomic E-state index is 13.2. The van der Waals surface area contributed by atoms with Crippen LogP contribution in [0.5, 0.6) is 0 Å². The Kier molecular flexibility index (Phi) is 6.19. The average Bonchev–Trinajstić information content (AvgIpc) is 2.71. The fraction of sp³-hybridized carbons (Fsp3) is 0.545. The Balaban J connectivity index is 1.37. The number of hydrogen-bond donors (Lipinski definition) is 0. The molecule has 0 N–H and O–H groups in total. The van der Waals surface area contributed by atoms with Gasteiger partial charge in [0.05, 0.1) is 11.1 Å². The van der Waals surface area contributed by atoms with Gasteiger partial charge in [0.25, 0.3) is 0 Å². The number of alkyl halides is 6. The van der Waals surface area contributed by atoms with Crippen LogP contribution in [0.3, 0.4) is 0 Å². The molecular formula is C22H23F6N5O. The van der Waals surface area contributed by atoms with Crippen molar-refractivity contribution < 1.29 is 31.1 Å². The summed E-state index contributed by atoms with van der Waals surface area (Å²) < 4.78 is 77.1. The Labute approximate surface area is 192 Å². The van der Waals surface area contributed by atoms with Crippen LogP contribution in [0.15, 0.2) is 30.9 Å². The highest BCUT2D eigenvalue weighted by atomic mass is 19.4. The predicted molar refractivity (Wildman–Crippen MR) is 110 cm³/mol. The maximum Gasteiger partial charge on any atom is 0.419 e. The van der Waals surface area contributed by atoms with Crippen LogP contribution < -0.4 is 4.90 Å². The molecule has 1 saturated heterocycles. The lowest BCUT2D eigenvalue weighted by Crippen LogP contribution is -2.61. The second kappa shape index (κ2) is 8.70. The first-order valence-corrected chi connectivity index (χ1v) is 10.8. The highest BCUT2D eigenvalue weighted by Crippen LogP contribution is 2.44. The number of carbonyl (C=O) groups is 1. The molecular weight excluding hydrogens is 464 g/mol. The van der Waals surface area contributed by atoms with E-state index in [9.17, 15) is 31.1 Å². The van der Waals surface area contributed by atoms with Crippen LogP contribution in [0.25, 0.3) is 0 Å². The number of aromatic nitrogens is 3. The summed E-state index contributed by atoms with van der Waals surface area (Å²) in [6.45, 7) is 4.40. The van der Waals surface area contributed by atoms with Crippen molar-refractivity contribution in [2.75, 3.05) is 18.0 Å². The lowest BCUT2D eigenvalue weighted by Gasteiger charge is -2.47. The van der Waals surface area contributed by atoms with Crippen molar-refractivity contribution in [1.29, 1.82) is 0 Å². The molecule has 34 heavy (non-hydrogen) atoms. The molecule has 0 unspecified atom stereocenters. The number of carbonyl (C=O) groups excluding carboxylic acids is 1. The van der Waals surface area contributed by atoms with E-state index in [1.165, 1.54) is 6.20 Å². The molecule has 0 spiro atoms. The molecule has 2 aromatic heterocycles. The van der Waals surface area contributed by atoms with E-state index in [0.29, 0.717) is 31.5 Å². The van der Waals surface area contributed by atoms with Crippen LogP contribution >= 0.6 is 0 Å². The molecule has 1 aliphatic carbocycles. The number of nitrogens with zero attached hydrogens (tertiary/aromatic N) is 5. The van der Waals surface area contributed by atoms with Gasteiger partial charge < -0.3 is 9.80 Å². The Morgan fingerprint density at radius 2 is 1.44 bits per heavy atom. The van der Waals surface area contributed by atoms with Gasteiger partial charge in [-0.15, -0.1) is 0 Å². The fourth-order valence-corrected chi connectivity index (χ4v) is 4.69. The van der Waals surface area contributed by atoms with E-state index in [4.69, 9.17) is 0 Å². The van der Waals surface area contributed by atoms with Gasteiger partial charge in [0.15, 0.2) is 0 Å². The molecule has 0 bridgehead atoms. The van der Waals surface area contributed by atoms with Gasteiger partial charge in [-0.2, -0.15) is 26.3 Å². The number of pyridine rings is 1. The van der Waals surface area contributed by atoms with Crippen molar-refractivity contribution in [1.82, 2.24) is 19.9 Å². The number of rotatable bonds is 3. The summed E-state index contributed by atoms with van der Waals surface area (Å²) in [7, 11) is 0. The molecule has 12 heteroatoms. The van der Waals surface area contributed by atoms with Gasteiger partial charge in [-0.3, -0.25) is 9.78 Å². The third-order valence-electron chi connectivity index (χ3n) is 6.47. The summed E-state index contributed by atoms with van der Waals surface area (Å²) in [6.07, 6.45) is -4.41. The molecule has 2 fully saturated rings. The quantitative estimate of drug-likeness (QED) is 0.596. The third-order valence-corrected chi connectivity index (χ3v) is 6.47. The van der Waals surface area contributed by atoms with Crippen molar-refractivity contribution in [2.24, 2.45) is 5.92 Å². The van der Waals surface area contributed by atoms with E-state index in [1.54, 1.807) is 9.80 Å². The summed E-state index contributed by atoms with van der Waals surface area (Å²) in [5.74, 6) is -0.349. The van der Waals surface area contributed by atoms with Crippen LogP contribution in [0, 0.1) is 5.92 Å². The minimum atomic E-state index is -4.52. The molecule has 1 saturated carbocycles. The van der Waals surface area contributed by atoms with Crippen molar-refractivity contribution in [3.8, 4) is 0 Å². The molecule has 0 radical (unpaired) electrons. The average molecular weight is 487 g/mol. The minimum Gasteiger partial charge on any atom is -0.337 e. The van der Waals surface area contributed by atoms with E-state index in [1.807, 2.05) is 13.8 Å². The van der Waals surface area contributed by atoms with Crippen LogP contribution in [0.1, 0.15) is 49.3 Å². The molecule has 2 atom stereocenters. The maximum absolute atomic E-state index is 13.2.